The molecule has 2 atom stereocenters. The highest BCUT2D eigenvalue weighted by atomic mass is 19.1. The van der Waals surface area contributed by atoms with Crippen LogP contribution in [0.4, 0.5) is 20.2 Å². The van der Waals surface area contributed by atoms with Crippen molar-refractivity contribution in [3.63, 3.8) is 0 Å². The lowest BCUT2D eigenvalue weighted by atomic mass is 10.1. The zero-order valence-electron chi connectivity index (χ0n) is 18.7. The zero-order valence-corrected chi connectivity index (χ0v) is 18.7. The molecular formula is C26H28F2N2O3. The van der Waals surface area contributed by atoms with Crippen LogP contribution in [0.2, 0.25) is 0 Å². The lowest BCUT2D eigenvalue weighted by Gasteiger charge is -2.25. The summed E-state index contributed by atoms with van der Waals surface area (Å²) in [5, 5.41) is 6.97. The summed E-state index contributed by atoms with van der Waals surface area (Å²) < 4.78 is 44.6. The highest BCUT2D eigenvalue weighted by molar-refractivity contribution is 5.76. The smallest absolute Gasteiger partial charge is 0.130 e. The molecule has 174 valence electrons. The topological polar surface area (TPSA) is 51.8 Å². The molecule has 2 N–H and O–H groups in total. The number of hydrogen-bond donors (Lipinski definition) is 2. The Morgan fingerprint density at radius 2 is 1.61 bits per heavy atom. The van der Waals surface area contributed by atoms with Crippen LogP contribution in [0.5, 0.6) is 11.5 Å². The van der Waals surface area contributed by atoms with Crippen LogP contribution in [-0.4, -0.2) is 19.4 Å². The van der Waals surface area contributed by atoms with Crippen LogP contribution in [0.3, 0.4) is 0 Å². The summed E-state index contributed by atoms with van der Waals surface area (Å²) in [6, 6.07) is 16.7. The van der Waals surface area contributed by atoms with Crippen molar-refractivity contribution >= 4 is 11.4 Å². The van der Waals surface area contributed by atoms with E-state index in [4.69, 9.17) is 14.2 Å². The number of rotatable bonds is 10. The average Bonchev–Trinajstić information content (AvgIpc) is 3.24. The number of halogens is 2. The Morgan fingerprint density at radius 3 is 2.36 bits per heavy atom. The number of anilines is 2. The van der Waals surface area contributed by atoms with Crippen LogP contribution in [-0.2, 0) is 11.3 Å². The van der Waals surface area contributed by atoms with Crippen LogP contribution in [0, 0.1) is 11.6 Å². The Morgan fingerprint density at radius 1 is 0.848 bits per heavy atom. The van der Waals surface area contributed by atoms with E-state index in [9.17, 15) is 8.78 Å². The van der Waals surface area contributed by atoms with E-state index in [1.807, 2.05) is 49.4 Å². The van der Waals surface area contributed by atoms with E-state index in [1.54, 1.807) is 0 Å². The van der Waals surface area contributed by atoms with Crippen molar-refractivity contribution in [1.29, 1.82) is 0 Å². The maximum Gasteiger partial charge on any atom is 0.130 e. The van der Waals surface area contributed by atoms with Crippen molar-refractivity contribution in [1.82, 2.24) is 0 Å². The van der Waals surface area contributed by atoms with E-state index in [2.05, 4.69) is 17.6 Å². The first-order valence-corrected chi connectivity index (χ1v) is 11.2. The van der Waals surface area contributed by atoms with Crippen LogP contribution < -0.4 is 20.1 Å². The molecule has 0 bridgehead atoms. The molecule has 0 spiro atoms. The Balaban J connectivity index is 1.45. The van der Waals surface area contributed by atoms with Gasteiger partial charge in [0.15, 0.2) is 0 Å². The summed E-state index contributed by atoms with van der Waals surface area (Å²) in [5.41, 5.74) is 3.10. The zero-order chi connectivity index (χ0) is 23.2. The van der Waals surface area contributed by atoms with Crippen LogP contribution in [0.25, 0.3) is 0 Å². The van der Waals surface area contributed by atoms with E-state index in [1.165, 1.54) is 0 Å². The maximum absolute atomic E-state index is 13.8. The first kappa shape index (κ1) is 22.9. The molecule has 5 nitrogen and oxygen atoms in total. The normalized spacial score (nSPS) is 15.3. The van der Waals surface area contributed by atoms with Crippen molar-refractivity contribution in [3.8, 4) is 11.5 Å². The molecule has 3 aromatic rings. The number of fused-ring (bicyclic) bond motifs is 1. The number of benzene rings is 3. The van der Waals surface area contributed by atoms with Crippen molar-refractivity contribution in [2.24, 2.45) is 0 Å². The predicted molar refractivity (Wildman–Crippen MR) is 125 cm³/mol. The number of hydrogen-bond acceptors (Lipinski definition) is 5. The van der Waals surface area contributed by atoms with Gasteiger partial charge in [0.1, 0.15) is 42.0 Å². The Hall–Kier alpha value is -3.32. The third-order valence-electron chi connectivity index (χ3n) is 5.34. The van der Waals surface area contributed by atoms with Crippen molar-refractivity contribution < 1.29 is 23.0 Å². The minimum atomic E-state index is -0.494. The summed E-state index contributed by atoms with van der Waals surface area (Å²) in [6.07, 6.45) is 0.490. The molecule has 33 heavy (non-hydrogen) atoms. The quantitative estimate of drug-likeness (QED) is 0.378. The molecule has 2 unspecified atom stereocenters. The minimum absolute atomic E-state index is 0.0537. The van der Waals surface area contributed by atoms with E-state index >= 15 is 0 Å². The molecule has 0 fully saturated rings. The van der Waals surface area contributed by atoms with E-state index < -0.39 is 11.6 Å². The molecule has 0 aliphatic carbocycles. The highest BCUT2D eigenvalue weighted by Crippen LogP contribution is 2.37. The third kappa shape index (κ3) is 5.54. The summed E-state index contributed by atoms with van der Waals surface area (Å²) >= 11 is 0. The van der Waals surface area contributed by atoms with Gasteiger partial charge in [0.25, 0.3) is 0 Å². The molecule has 1 aliphatic heterocycles. The Bertz CT molecular complexity index is 1080. The molecule has 1 heterocycles. The summed E-state index contributed by atoms with van der Waals surface area (Å²) in [6.45, 7) is 5.19. The second kappa shape index (κ2) is 10.5. The summed E-state index contributed by atoms with van der Waals surface area (Å²) in [4.78, 5) is 0. The molecule has 0 aromatic heterocycles. The maximum atomic E-state index is 13.8. The predicted octanol–water partition coefficient (Wildman–Crippen LogP) is 6.27. The third-order valence-corrected chi connectivity index (χ3v) is 5.34. The lowest BCUT2D eigenvalue weighted by molar-refractivity contribution is 0.0457. The first-order chi connectivity index (χ1) is 16.1. The fourth-order valence-electron chi connectivity index (χ4n) is 3.75. The van der Waals surface area contributed by atoms with Gasteiger partial charge in [0.2, 0.25) is 0 Å². The van der Waals surface area contributed by atoms with Gasteiger partial charge in [-0.2, -0.15) is 0 Å². The minimum Gasteiger partial charge on any atom is -0.494 e. The van der Waals surface area contributed by atoms with Crippen LogP contribution in [0.15, 0.2) is 60.7 Å². The van der Waals surface area contributed by atoms with E-state index in [-0.39, 0.29) is 24.4 Å². The Labute approximate surface area is 192 Å². The number of nitrogens with one attached hydrogen (secondary N) is 2. The van der Waals surface area contributed by atoms with Gasteiger partial charge in [-0.1, -0.05) is 19.1 Å². The number of ether oxygens (including phenoxy) is 3. The van der Waals surface area contributed by atoms with Crippen LogP contribution in [0.1, 0.15) is 37.5 Å². The van der Waals surface area contributed by atoms with Crippen molar-refractivity contribution in [3.05, 3.63) is 83.4 Å². The van der Waals surface area contributed by atoms with Gasteiger partial charge in [-0.05, 0) is 61.4 Å². The highest BCUT2D eigenvalue weighted by Gasteiger charge is 2.30. The largest absolute Gasteiger partial charge is 0.494 e. The molecule has 1 aliphatic rings. The average molecular weight is 455 g/mol. The molecule has 0 saturated carbocycles. The molecule has 0 saturated heterocycles. The molecule has 0 radical (unpaired) electrons. The van der Waals surface area contributed by atoms with Gasteiger partial charge >= 0.3 is 0 Å². The fraction of sp³-hybridized carbons (Fsp3) is 0.308. The second-order valence-corrected chi connectivity index (χ2v) is 7.79. The Kier molecular flexibility index (Phi) is 7.29. The van der Waals surface area contributed by atoms with Gasteiger partial charge in [0, 0.05) is 18.2 Å². The fourth-order valence-corrected chi connectivity index (χ4v) is 3.75. The van der Waals surface area contributed by atoms with Gasteiger partial charge in [-0.25, -0.2) is 8.78 Å². The first-order valence-electron chi connectivity index (χ1n) is 11.2. The van der Waals surface area contributed by atoms with Gasteiger partial charge in [-0.15, -0.1) is 0 Å². The standard InChI is InChI=1S/C26H28F2N2O3/c1-3-13-32-25(26-29-23-12-10-21(31-4-2)15-24(23)30-26)17-5-8-20(9-6-17)33-16-18-14-19(27)7-11-22(18)28/h5-12,14-15,25-26,29-30H,3-4,13,16H2,1-2H3. The van der Waals surface area contributed by atoms with Gasteiger partial charge in [0.05, 0.1) is 18.0 Å². The van der Waals surface area contributed by atoms with Crippen LogP contribution >= 0.6 is 0 Å². The summed E-state index contributed by atoms with van der Waals surface area (Å²) in [5.74, 6) is 0.390. The van der Waals surface area contributed by atoms with Crippen molar-refractivity contribution in [2.75, 3.05) is 23.8 Å². The molecule has 4 rings (SSSR count). The monoisotopic (exact) mass is 454 g/mol. The SMILES string of the molecule is CCCOC(c1ccc(OCc2cc(F)ccc2F)cc1)C1Nc2ccc(OCC)cc2N1. The second-order valence-electron chi connectivity index (χ2n) is 7.79. The molecular weight excluding hydrogens is 426 g/mol. The van der Waals surface area contributed by atoms with E-state index in [0.29, 0.717) is 19.0 Å². The summed E-state index contributed by atoms with van der Waals surface area (Å²) in [7, 11) is 0. The van der Waals surface area contributed by atoms with E-state index in [0.717, 1.165) is 47.3 Å². The van der Waals surface area contributed by atoms with Gasteiger partial charge in [-0.3, -0.25) is 0 Å². The van der Waals surface area contributed by atoms with Crippen molar-refractivity contribution in [2.45, 2.75) is 39.1 Å². The lowest BCUT2D eigenvalue weighted by Crippen LogP contribution is -2.32. The molecule has 0 amide bonds. The molecule has 3 aromatic carbocycles. The molecule has 7 heteroatoms. The van der Waals surface area contributed by atoms with Gasteiger partial charge < -0.3 is 24.8 Å².